The zero-order valence-corrected chi connectivity index (χ0v) is 12.5. The fourth-order valence-corrected chi connectivity index (χ4v) is 2.45. The summed E-state index contributed by atoms with van der Waals surface area (Å²) in [5.41, 5.74) is 0.405. The van der Waals surface area contributed by atoms with Crippen molar-refractivity contribution in [1.29, 1.82) is 0 Å². The Kier molecular flexibility index (Phi) is 5.28. The van der Waals surface area contributed by atoms with Gasteiger partial charge in [-0.15, -0.1) is 0 Å². The van der Waals surface area contributed by atoms with Crippen LogP contribution in [0.5, 0.6) is 0 Å². The van der Waals surface area contributed by atoms with Crippen LogP contribution in [0, 0.1) is 0 Å². The van der Waals surface area contributed by atoms with Crippen LogP contribution in [0.15, 0.2) is 30.3 Å². The molecule has 6 heteroatoms. The second kappa shape index (κ2) is 6.97. The van der Waals surface area contributed by atoms with Crippen LogP contribution in [0.3, 0.4) is 0 Å². The van der Waals surface area contributed by atoms with Crippen LogP contribution in [0.1, 0.15) is 16.8 Å². The number of esters is 1. The number of carbonyl (C=O) groups is 2. The zero-order chi connectivity index (χ0) is 14.5. The molecular formula is C14H15BrO5. The molecule has 3 atom stereocenters. The highest BCUT2D eigenvalue weighted by molar-refractivity contribution is 9.09. The third kappa shape index (κ3) is 3.45. The molecule has 1 aliphatic rings. The minimum Gasteiger partial charge on any atom is -0.448 e. The second-order valence-electron chi connectivity index (χ2n) is 4.36. The lowest BCUT2D eigenvalue weighted by Gasteiger charge is -2.33. The molecule has 1 fully saturated rings. The molecule has 1 heterocycles. The van der Waals surface area contributed by atoms with Gasteiger partial charge in [-0.25, -0.2) is 4.79 Å². The van der Waals surface area contributed by atoms with Crippen LogP contribution < -0.4 is 0 Å². The number of rotatable bonds is 4. The van der Waals surface area contributed by atoms with E-state index in [2.05, 4.69) is 15.9 Å². The lowest BCUT2D eigenvalue weighted by Crippen LogP contribution is -2.49. The van der Waals surface area contributed by atoms with Gasteiger partial charge in [0, 0.05) is 12.4 Å². The van der Waals surface area contributed by atoms with Crippen molar-refractivity contribution in [2.45, 2.75) is 24.9 Å². The van der Waals surface area contributed by atoms with Gasteiger partial charge in [0.25, 0.3) is 0 Å². The first-order valence-electron chi connectivity index (χ1n) is 6.18. The second-order valence-corrected chi connectivity index (χ2v) is 5.00. The van der Waals surface area contributed by atoms with Crippen molar-refractivity contribution in [3.8, 4) is 0 Å². The number of hydrogen-bond donors (Lipinski definition) is 0. The Hall–Kier alpha value is -1.24. The highest BCUT2D eigenvalue weighted by Crippen LogP contribution is 2.22. The Balaban J connectivity index is 2.07. The van der Waals surface area contributed by atoms with Gasteiger partial charge >= 0.3 is 5.97 Å². The van der Waals surface area contributed by atoms with Gasteiger partial charge in [0.2, 0.25) is 0 Å². The van der Waals surface area contributed by atoms with E-state index in [4.69, 9.17) is 14.2 Å². The van der Waals surface area contributed by atoms with Crippen molar-refractivity contribution in [1.82, 2.24) is 0 Å². The van der Waals surface area contributed by atoms with Gasteiger partial charge in [-0.1, -0.05) is 34.1 Å². The number of ether oxygens (including phenoxy) is 3. The normalized spacial score (nSPS) is 26.3. The molecule has 0 N–H and O–H groups in total. The fourth-order valence-electron chi connectivity index (χ4n) is 1.96. The highest BCUT2D eigenvalue weighted by Gasteiger charge is 2.40. The molecule has 0 aromatic heterocycles. The van der Waals surface area contributed by atoms with E-state index in [0.717, 1.165) is 0 Å². The van der Waals surface area contributed by atoms with Gasteiger partial charge in [-0.05, 0) is 12.1 Å². The number of benzene rings is 1. The third-order valence-electron chi connectivity index (χ3n) is 3.01. The first-order valence-corrected chi connectivity index (χ1v) is 7.30. The van der Waals surface area contributed by atoms with Gasteiger partial charge in [-0.2, -0.15) is 0 Å². The van der Waals surface area contributed by atoms with E-state index in [0.29, 0.717) is 10.9 Å². The van der Waals surface area contributed by atoms with Crippen molar-refractivity contribution in [3.63, 3.8) is 0 Å². The van der Waals surface area contributed by atoms with Crippen LogP contribution in [0.25, 0.3) is 0 Å². The lowest BCUT2D eigenvalue weighted by atomic mass is 10.0. The molecule has 1 aliphatic heterocycles. The van der Waals surface area contributed by atoms with Crippen molar-refractivity contribution in [2.24, 2.45) is 0 Å². The first-order chi connectivity index (χ1) is 9.65. The minimum atomic E-state index is -0.909. The number of alkyl halides is 1. The standard InChI is InChI=1S/C14H15BrO5/c1-18-12-7-10(16)13(11(8-15)19-12)20-14(17)9-5-3-2-4-6-9/h2-6,11-13H,7-8H2,1H3/t11-,12+,13+/m1/s1. The fraction of sp³-hybridized carbons (Fsp3) is 0.429. The molecule has 0 amide bonds. The number of carbonyl (C=O) groups excluding carboxylic acids is 2. The Morgan fingerprint density at radius 1 is 1.40 bits per heavy atom. The quantitative estimate of drug-likeness (QED) is 0.618. The summed E-state index contributed by atoms with van der Waals surface area (Å²) in [6.45, 7) is 0. The van der Waals surface area contributed by atoms with Crippen LogP contribution in [-0.4, -0.2) is 42.7 Å². The van der Waals surface area contributed by atoms with E-state index in [1.54, 1.807) is 30.3 Å². The summed E-state index contributed by atoms with van der Waals surface area (Å²) in [5, 5.41) is 0.380. The smallest absolute Gasteiger partial charge is 0.338 e. The monoisotopic (exact) mass is 342 g/mol. The molecule has 20 heavy (non-hydrogen) atoms. The lowest BCUT2D eigenvalue weighted by molar-refractivity contribution is -0.203. The van der Waals surface area contributed by atoms with E-state index in [-0.39, 0.29) is 12.2 Å². The van der Waals surface area contributed by atoms with Gasteiger partial charge < -0.3 is 14.2 Å². The molecule has 1 aromatic carbocycles. The molecule has 0 spiro atoms. The summed E-state index contributed by atoms with van der Waals surface area (Å²) in [7, 11) is 1.47. The average Bonchev–Trinajstić information content (AvgIpc) is 2.49. The molecule has 0 saturated carbocycles. The van der Waals surface area contributed by atoms with Crippen molar-refractivity contribution in [2.75, 3.05) is 12.4 Å². The summed E-state index contributed by atoms with van der Waals surface area (Å²) < 4.78 is 15.9. The predicted molar refractivity (Wildman–Crippen MR) is 74.7 cm³/mol. The predicted octanol–water partition coefficient (Wildman–Crippen LogP) is 1.94. The molecule has 0 radical (unpaired) electrons. The van der Waals surface area contributed by atoms with Crippen molar-refractivity contribution in [3.05, 3.63) is 35.9 Å². The van der Waals surface area contributed by atoms with E-state index < -0.39 is 24.5 Å². The van der Waals surface area contributed by atoms with Crippen molar-refractivity contribution < 1.29 is 23.8 Å². The minimum absolute atomic E-state index is 0.0761. The molecule has 108 valence electrons. The molecule has 0 unspecified atom stereocenters. The topological polar surface area (TPSA) is 61.8 Å². The number of halogens is 1. The Labute approximate surface area is 125 Å². The van der Waals surface area contributed by atoms with E-state index >= 15 is 0 Å². The Morgan fingerprint density at radius 3 is 2.70 bits per heavy atom. The summed E-state index contributed by atoms with van der Waals surface area (Å²) in [5.74, 6) is -0.730. The largest absolute Gasteiger partial charge is 0.448 e. The molecule has 1 saturated heterocycles. The average molecular weight is 343 g/mol. The first kappa shape index (κ1) is 15.2. The maximum atomic E-state index is 12.0. The number of hydrogen-bond acceptors (Lipinski definition) is 5. The molecular weight excluding hydrogens is 328 g/mol. The molecule has 0 bridgehead atoms. The maximum Gasteiger partial charge on any atom is 0.338 e. The maximum absolute atomic E-state index is 12.0. The van der Waals surface area contributed by atoms with E-state index in [1.165, 1.54) is 7.11 Å². The molecule has 1 aromatic rings. The number of methoxy groups -OCH3 is 1. The van der Waals surface area contributed by atoms with Crippen LogP contribution in [0.4, 0.5) is 0 Å². The molecule has 0 aliphatic carbocycles. The van der Waals surface area contributed by atoms with Crippen molar-refractivity contribution >= 4 is 27.7 Å². The van der Waals surface area contributed by atoms with E-state index in [1.807, 2.05) is 0 Å². The summed E-state index contributed by atoms with van der Waals surface area (Å²) in [4.78, 5) is 24.0. The Morgan fingerprint density at radius 2 is 2.10 bits per heavy atom. The number of ketones is 1. The van der Waals surface area contributed by atoms with Gasteiger partial charge in [0.05, 0.1) is 12.0 Å². The van der Waals surface area contributed by atoms with Crippen LogP contribution >= 0.6 is 15.9 Å². The molecule has 5 nitrogen and oxygen atoms in total. The zero-order valence-electron chi connectivity index (χ0n) is 11.0. The molecule has 2 rings (SSSR count). The van der Waals surface area contributed by atoms with Crippen LogP contribution in [0.2, 0.25) is 0 Å². The van der Waals surface area contributed by atoms with Gasteiger partial charge in [0.15, 0.2) is 18.2 Å². The van der Waals surface area contributed by atoms with Gasteiger partial charge in [0.1, 0.15) is 6.10 Å². The van der Waals surface area contributed by atoms with Gasteiger partial charge in [-0.3, -0.25) is 4.79 Å². The summed E-state index contributed by atoms with van der Waals surface area (Å²) in [6.07, 6.45) is -1.97. The Bertz CT molecular complexity index is 476. The summed E-state index contributed by atoms with van der Waals surface area (Å²) >= 11 is 3.26. The van der Waals surface area contributed by atoms with Crippen LogP contribution in [-0.2, 0) is 19.0 Å². The number of Topliss-reactive ketones (excluding diaryl/α,β-unsaturated/α-hetero) is 1. The highest BCUT2D eigenvalue weighted by atomic mass is 79.9. The third-order valence-corrected chi connectivity index (χ3v) is 3.65. The summed E-state index contributed by atoms with van der Waals surface area (Å²) in [6, 6.07) is 8.54. The SMILES string of the molecule is CO[C@@H]1CC(=O)[C@H](OC(=O)c2ccccc2)[C@@H](CBr)O1. The van der Waals surface area contributed by atoms with E-state index in [9.17, 15) is 9.59 Å².